The van der Waals surface area contributed by atoms with Gasteiger partial charge in [0.2, 0.25) is 10.0 Å². The maximum Gasteiger partial charge on any atom is 0.210 e. The number of rotatable bonds is 7. The van der Waals surface area contributed by atoms with Crippen LogP contribution in [-0.4, -0.2) is 45.7 Å². The topological polar surface area (TPSA) is 49.4 Å². The molecule has 0 heterocycles. The third kappa shape index (κ3) is 7.29. The molecule has 14 heavy (non-hydrogen) atoms. The summed E-state index contributed by atoms with van der Waals surface area (Å²) in [4.78, 5) is 0. The predicted molar refractivity (Wildman–Crippen MR) is 59.8 cm³/mol. The molecule has 0 fully saturated rings. The molecule has 0 spiro atoms. The maximum atomic E-state index is 11.0. The highest BCUT2D eigenvalue weighted by molar-refractivity contribution is 7.88. The van der Waals surface area contributed by atoms with Crippen LogP contribution in [0, 0.1) is 5.92 Å². The number of hydrogen-bond donors (Lipinski definition) is 1. The third-order valence-electron chi connectivity index (χ3n) is 2.07. The van der Waals surface area contributed by atoms with Crippen molar-refractivity contribution < 1.29 is 8.42 Å². The van der Waals surface area contributed by atoms with Gasteiger partial charge in [0.1, 0.15) is 0 Å². The van der Waals surface area contributed by atoms with E-state index in [0.29, 0.717) is 12.5 Å². The van der Waals surface area contributed by atoms with E-state index >= 15 is 0 Å². The molecule has 0 rings (SSSR count). The predicted octanol–water partition coefficient (Wildman–Crippen LogP) is 0.513. The molecule has 0 unspecified atom stereocenters. The number of sulfonamides is 1. The van der Waals surface area contributed by atoms with E-state index in [-0.39, 0.29) is 0 Å². The lowest BCUT2D eigenvalue weighted by atomic mass is 10.1. The van der Waals surface area contributed by atoms with Gasteiger partial charge in [-0.05, 0) is 18.9 Å². The number of nitrogens with zero attached hydrogens (tertiary/aromatic N) is 1. The van der Waals surface area contributed by atoms with Crippen LogP contribution in [-0.2, 0) is 10.0 Å². The molecule has 0 aliphatic heterocycles. The van der Waals surface area contributed by atoms with Crippen molar-refractivity contribution in [1.82, 2.24) is 9.62 Å². The van der Waals surface area contributed by atoms with E-state index in [4.69, 9.17) is 0 Å². The smallest absolute Gasteiger partial charge is 0.210 e. The Labute approximate surface area is 87.7 Å². The summed E-state index contributed by atoms with van der Waals surface area (Å²) in [6, 6.07) is 0. The highest BCUT2D eigenvalue weighted by Gasteiger charge is 2.08. The molecular weight excluding hydrogens is 200 g/mol. The van der Waals surface area contributed by atoms with Gasteiger partial charge in [-0.3, -0.25) is 0 Å². The lowest BCUT2D eigenvalue weighted by Crippen LogP contribution is -2.33. The fourth-order valence-electron chi connectivity index (χ4n) is 0.918. The average Bonchev–Trinajstić information content (AvgIpc) is 2.01. The second kappa shape index (κ2) is 6.37. The quantitative estimate of drug-likeness (QED) is 0.639. The minimum absolute atomic E-state index is 0.539. The third-order valence-corrected chi connectivity index (χ3v) is 3.38. The molecule has 0 aliphatic carbocycles. The van der Waals surface area contributed by atoms with Crippen molar-refractivity contribution in [1.29, 1.82) is 0 Å². The molecule has 0 atom stereocenters. The van der Waals surface area contributed by atoms with E-state index in [1.54, 1.807) is 7.05 Å². The molecule has 0 bridgehead atoms. The van der Waals surface area contributed by atoms with Crippen molar-refractivity contribution in [2.24, 2.45) is 5.92 Å². The molecule has 0 saturated carbocycles. The summed E-state index contributed by atoms with van der Waals surface area (Å²) in [7, 11) is -1.42. The van der Waals surface area contributed by atoms with Crippen LogP contribution in [0.2, 0.25) is 0 Å². The molecule has 5 heteroatoms. The monoisotopic (exact) mass is 222 g/mol. The zero-order valence-corrected chi connectivity index (χ0v) is 10.4. The van der Waals surface area contributed by atoms with E-state index in [2.05, 4.69) is 19.2 Å². The first-order valence-electron chi connectivity index (χ1n) is 4.96. The van der Waals surface area contributed by atoms with Gasteiger partial charge in [0, 0.05) is 20.1 Å². The van der Waals surface area contributed by atoms with Crippen LogP contribution in [0.25, 0.3) is 0 Å². The second-order valence-electron chi connectivity index (χ2n) is 4.02. The lowest BCUT2D eigenvalue weighted by Gasteiger charge is -2.14. The summed E-state index contributed by atoms with van der Waals surface area (Å²) in [5.41, 5.74) is 0. The molecule has 0 radical (unpaired) electrons. The number of nitrogens with one attached hydrogen (secondary N) is 1. The van der Waals surface area contributed by atoms with Gasteiger partial charge in [0.15, 0.2) is 0 Å². The zero-order valence-electron chi connectivity index (χ0n) is 9.58. The summed E-state index contributed by atoms with van der Waals surface area (Å²) in [5.74, 6) is 0.690. The molecule has 1 N–H and O–H groups in total. The van der Waals surface area contributed by atoms with E-state index in [1.807, 2.05) is 0 Å². The minimum Gasteiger partial charge on any atom is -0.315 e. The van der Waals surface area contributed by atoms with Gasteiger partial charge >= 0.3 is 0 Å². The van der Waals surface area contributed by atoms with Crippen molar-refractivity contribution in [2.75, 3.05) is 32.9 Å². The van der Waals surface area contributed by atoms with Gasteiger partial charge < -0.3 is 5.32 Å². The molecule has 4 nitrogen and oxygen atoms in total. The van der Waals surface area contributed by atoms with E-state index in [0.717, 1.165) is 19.5 Å². The minimum atomic E-state index is -3.01. The average molecular weight is 222 g/mol. The Morgan fingerprint density at radius 1 is 1.29 bits per heavy atom. The normalized spacial score (nSPS) is 12.7. The van der Waals surface area contributed by atoms with Crippen LogP contribution in [0.15, 0.2) is 0 Å². The summed E-state index contributed by atoms with van der Waals surface area (Å²) >= 11 is 0. The van der Waals surface area contributed by atoms with Crippen molar-refractivity contribution in [3.05, 3.63) is 0 Å². The van der Waals surface area contributed by atoms with E-state index < -0.39 is 10.0 Å². The largest absolute Gasteiger partial charge is 0.315 e. The summed E-state index contributed by atoms with van der Waals surface area (Å²) < 4.78 is 23.4. The van der Waals surface area contributed by atoms with Crippen LogP contribution in [0.5, 0.6) is 0 Å². The highest BCUT2D eigenvalue weighted by atomic mass is 32.2. The molecule has 0 aliphatic rings. The summed E-state index contributed by atoms with van der Waals surface area (Å²) in [5, 5.41) is 3.21. The second-order valence-corrected chi connectivity index (χ2v) is 6.11. The van der Waals surface area contributed by atoms with Gasteiger partial charge in [-0.1, -0.05) is 13.8 Å². The van der Waals surface area contributed by atoms with E-state index in [9.17, 15) is 8.42 Å². The zero-order chi connectivity index (χ0) is 11.2. The number of hydrogen-bond acceptors (Lipinski definition) is 3. The molecule has 0 amide bonds. The Bertz CT molecular complexity index is 237. The fraction of sp³-hybridized carbons (Fsp3) is 1.00. The van der Waals surface area contributed by atoms with Gasteiger partial charge in [-0.25, -0.2) is 12.7 Å². The van der Waals surface area contributed by atoms with Gasteiger partial charge in [-0.15, -0.1) is 0 Å². The molecular formula is C9H22N2O2S. The van der Waals surface area contributed by atoms with Crippen LogP contribution in [0.3, 0.4) is 0 Å². The standard InChI is InChI=1S/C9H22N2O2S/c1-9(2)5-6-10-7-8-11(3)14(4,12)13/h9-10H,5-8H2,1-4H3. The van der Waals surface area contributed by atoms with Gasteiger partial charge in [0.05, 0.1) is 6.26 Å². The Balaban J connectivity index is 3.46. The fourth-order valence-corrected chi connectivity index (χ4v) is 1.34. The van der Waals surface area contributed by atoms with Crippen LogP contribution in [0.4, 0.5) is 0 Å². The molecule has 0 saturated heterocycles. The molecule has 0 aromatic heterocycles. The highest BCUT2D eigenvalue weighted by Crippen LogP contribution is 1.96. The van der Waals surface area contributed by atoms with E-state index in [1.165, 1.54) is 10.6 Å². The first kappa shape index (κ1) is 13.9. The number of likely N-dealkylation sites (N-methyl/N-ethyl adjacent to an activating group) is 1. The Morgan fingerprint density at radius 2 is 1.86 bits per heavy atom. The first-order chi connectivity index (χ1) is 6.34. The SMILES string of the molecule is CC(C)CCNCCN(C)S(C)(=O)=O. The Morgan fingerprint density at radius 3 is 2.29 bits per heavy atom. The Kier molecular flexibility index (Phi) is 6.31. The molecule has 0 aromatic carbocycles. The van der Waals surface area contributed by atoms with Gasteiger partial charge in [0.25, 0.3) is 0 Å². The van der Waals surface area contributed by atoms with Crippen molar-refractivity contribution in [3.63, 3.8) is 0 Å². The lowest BCUT2D eigenvalue weighted by molar-refractivity contribution is 0.453. The summed E-state index contributed by atoms with van der Waals surface area (Å²) in [6.45, 7) is 6.55. The Hall–Kier alpha value is -0.130. The van der Waals surface area contributed by atoms with Gasteiger partial charge in [-0.2, -0.15) is 0 Å². The van der Waals surface area contributed by atoms with Crippen LogP contribution < -0.4 is 5.32 Å². The maximum absolute atomic E-state index is 11.0. The van der Waals surface area contributed by atoms with Crippen LogP contribution in [0.1, 0.15) is 20.3 Å². The first-order valence-corrected chi connectivity index (χ1v) is 6.81. The van der Waals surface area contributed by atoms with Crippen LogP contribution >= 0.6 is 0 Å². The summed E-state index contributed by atoms with van der Waals surface area (Å²) in [6.07, 6.45) is 2.35. The van der Waals surface area contributed by atoms with Crippen molar-refractivity contribution in [2.45, 2.75) is 20.3 Å². The van der Waals surface area contributed by atoms with Crippen molar-refractivity contribution >= 4 is 10.0 Å². The molecule has 86 valence electrons. The van der Waals surface area contributed by atoms with Crippen molar-refractivity contribution in [3.8, 4) is 0 Å². The molecule has 0 aromatic rings.